The van der Waals surface area contributed by atoms with Crippen molar-refractivity contribution in [3.05, 3.63) is 10.1 Å². The fraction of sp³-hybridized carbons (Fsp3) is 1.00. The molecule has 66 valence electrons. The van der Waals surface area contributed by atoms with Gasteiger partial charge < -0.3 is 14.9 Å². The van der Waals surface area contributed by atoms with E-state index in [1.807, 2.05) is 0 Å². The largest absolute Gasteiger partial charge is 0.389 e. The Labute approximate surface area is 63.6 Å². The molecule has 0 aromatic carbocycles. The summed E-state index contributed by atoms with van der Waals surface area (Å²) < 4.78 is 4.49. The number of methoxy groups -OCH3 is 1. The Morgan fingerprint density at radius 3 is 2.09 bits per heavy atom. The van der Waals surface area contributed by atoms with Crippen molar-refractivity contribution in [3.8, 4) is 0 Å². The highest BCUT2D eigenvalue weighted by molar-refractivity contribution is 4.76. The lowest BCUT2D eigenvalue weighted by Gasteiger charge is -2.18. The minimum atomic E-state index is -1.76. The Bertz CT molecular complexity index is 133. The van der Waals surface area contributed by atoms with Crippen molar-refractivity contribution in [3.63, 3.8) is 0 Å². The van der Waals surface area contributed by atoms with Crippen LogP contribution in [0, 0.1) is 10.1 Å². The van der Waals surface area contributed by atoms with Gasteiger partial charge in [0.05, 0.1) is 0 Å². The standard InChI is InChI=1S/C5H11NO5/c1-11-4-5(2-7,3-8)6(9)10/h7-8H,2-4H2,1H3. The van der Waals surface area contributed by atoms with Crippen LogP contribution in [0.25, 0.3) is 0 Å². The summed E-state index contributed by atoms with van der Waals surface area (Å²) in [6.45, 7) is -1.76. The minimum absolute atomic E-state index is 0.299. The first-order valence-corrected chi connectivity index (χ1v) is 2.98. The molecule has 0 rings (SSSR count). The van der Waals surface area contributed by atoms with Gasteiger partial charge >= 0.3 is 0 Å². The predicted octanol–water partition coefficient (Wildman–Crippen LogP) is -1.37. The third kappa shape index (κ3) is 2.11. The normalized spacial score (nSPS) is 11.5. The van der Waals surface area contributed by atoms with Gasteiger partial charge in [-0.05, 0) is 0 Å². The third-order valence-electron chi connectivity index (χ3n) is 1.39. The first-order valence-electron chi connectivity index (χ1n) is 2.98. The summed E-state index contributed by atoms with van der Waals surface area (Å²) in [7, 11) is 1.27. The second kappa shape index (κ2) is 4.22. The highest BCUT2D eigenvalue weighted by Crippen LogP contribution is 2.07. The lowest BCUT2D eigenvalue weighted by Crippen LogP contribution is -2.49. The van der Waals surface area contributed by atoms with Gasteiger partial charge in [-0.3, -0.25) is 10.1 Å². The summed E-state index contributed by atoms with van der Waals surface area (Å²) in [4.78, 5) is 9.54. The molecule has 11 heavy (non-hydrogen) atoms. The van der Waals surface area contributed by atoms with Crippen LogP contribution in [0.3, 0.4) is 0 Å². The fourth-order valence-corrected chi connectivity index (χ4v) is 0.578. The number of nitrogens with zero attached hydrogens (tertiary/aromatic N) is 1. The summed E-state index contributed by atoms with van der Waals surface area (Å²) in [5.74, 6) is 0. The molecule has 0 saturated heterocycles. The SMILES string of the molecule is COCC(CO)(CO)[N+](=O)[O-]. The van der Waals surface area contributed by atoms with E-state index in [2.05, 4.69) is 4.74 Å². The number of ether oxygens (including phenoxy) is 1. The maximum atomic E-state index is 10.3. The number of nitro groups is 1. The molecule has 0 amide bonds. The topological polar surface area (TPSA) is 92.8 Å². The van der Waals surface area contributed by atoms with Crippen molar-refractivity contribution >= 4 is 0 Å². The first kappa shape index (κ1) is 10.3. The monoisotopic (exact) mass is 165 g/mol. The molecule has 0 aromatic rings. The molecule has 0 unspecified atom stereocenters. The Morgan fingerprint density at radius 1 is 1.55 bits per heavy atom. The number of hydrogen-bond donors (Lipinski definition) is 2. The van der Waals surface area contributed by atoms with Crippen LogP contribution in [0.15, 0.2) is 0 Å². The summed E-state index contributed by atoms with van der Waals surface area (Å²) in [6.07, 6.45) is 0. The molecule has 0 aliphatic carbocycles. The second-order valence-corrected chi connectivity index (χ2v) is 2.23. The van der Waals surface area contributed by atoms with Gasteiger partial charge in [-0.25, -0.2) is 0 Å². The molecule has 0 fully saturated rings. The van der Waals surface area contributed by atoms with Gasteiger partial charge in [0, 0.05) is 12.0 Å². The second-order valence-electron chi connectivity index (χ2n) is 2.23. The first-order chi connectivity index (χ1) is 5.13. The minimum Gasteiger partial charge on any atom is -0.389 e. The highest BCUT2D eigenvalue weighted by Gasteiger charge is 2.41. The van der Waals surface area contributed by atoms with Crippen LogP contribution in [0.1, 0.15) is 0 Å². The van der Waals surface area contributed by atoms with Crippen molar-refractivity contribution in [1.29, 1.82) is 0 Å². The van der Waals surface area contributed by atoms with Crippen LogP contribution < -0.4 is 0 Å². The molecule has 0 atom stereocenters. The van der Waals surface area contributed by atoms with E-state index in [0.717, 1.165) is 0 Å². The van der Waals surface area contributed by atoms with Gasteiger partial charge in [0.2, 0.25) is 0 Å². The number of aliphatic hydroxyl groups excluding tert-OH is 2. The molecule has 0 aliphatic heterocycles. The zero-order valence-electron chi connectivity index (χ0n) is 6.19. The van der Waals surface area contributed by atoms with Gasteiger partial charge in [-0.2, -0.15) is 0 Å². The van der Waals surface area contributed by atoms with Crippen LogP contribution in [0.5, 0.6) is 0 Å². The molecule has 0 spiro atoms. The van der Waals surface area contributed by atoms with Gasteiger partial charge in [-0.15, -0.1) is 0 Å². The van der Waals surface area contributed by atoms with E-state index < -0.39 is 23.7 Å². The van der Waals surface area contributed by atoms with Crippen molar-refractivity contribution in [2.24, 2.45) is 0 Å². The lowest BCUT2D eigenvalue weighted by molar-refractivity contribution is -0.581. The van der Waals surface area contributed by atoms with Gasteiger partial charge in [0.1, 0.15) is 19.8 Å². The summed E-state index contributed by atoms with van der Waals surface area (Å²) in [5, 5.41) is 27.5. The van der Waals surface area contributed by atoms with Crippen molar-refractivity contribution in [1.82, 2.24) is 0 Å². The smallest absolute Gasteiger partial charge is 0.289 e. The maximum Gasteiger partial charge on any atom is 0.289 e. The van der Waals surface area contributed by atoms with Gasteiger partial charge in [0.25, 0.3) is 5.54 Å². The van der Waals surface area contributed by atoms with E-state index >= 15 is 0 Å². The fourth-order valence-electron chi connectivity index (χ4n) is 0.578. The quantitative estimate of drug-likeness (QED) is 0.387. The molecule has 0 heterocycles. The number of rotatable bonds is 5. The molecule has 6 nitrogen and oxygen atoms in total. The van der Waals surface area contributed by atoms with Crippen LogP contribution in [0.4, 0.5) is 0 Å². The summed E-state index contributed by atoms with van der Waals surface area (Å²) >= 11 is 0. The van der Waals surface area contributed by atoms with E-state index in [1.165, 1.54) is 7.11 Å². The van der Waals surface area contributed by atoms with Crippen LogP contribution in [-0.4, -0.2) is 47.6 Å². The molecule has 0 aromatic heterocycles. The molecule has 0 radical (unpaired) electrons. The average Bonchev–Trinajstić information content (AvgIpc) is 2.00. The summed E-state index contributed by atoms with van der Waals surface area (Å²) in [6, 6.07) is 0. The molecular formula is C5H11NO5. The Hall–Kier alpha value is -0.720. The molecule has 0 bridgehead atoms. The predicted molar refractivity (Wildman–Crippen MR) is 35.8 cm³/mol. The summed E-state index contributed by atoms with van der Waals surface area (Å²) in [5.41, 5.74) is -1.76. The van der Waals surface area contributed by atoms with Gasteiger partial charge in [0.15, 0.2) is 0 Å². The van der Waals surface area contributed by atoms with E-state index in [0.29, 0.717) is 0 Å². The van der Waals surface area contributed by atoms with E-state index in [4.69, 9.17) is 10.2 Å². The van der Waals surface area contributed by atoms with E-state index in [9.17, 15) is 10.1 Å². The lowest BCUT2D eigenvalue weighted by atomic mass is 10.1. The number of hydrogen-bond acceptors (Lipinski definition) is 5. The van der Waals surface area contributed by atoms with Crippen LogP contribution in [-0.2, 0) is 4.74 Å². The van der Waals surface area contributed by atoms with E-state index in [-0.39, 0.29) is 6.61 Å². The highest BCUT2D eigenvalue weighted by atomic mass is 16.6. The Morgan fingerprint density at radius 2 is 2.00 bits per heavy atom. The molecular weight excluding hydrogens is 154 g/mol. The third-order valence-corrected chi connectivity index (χ3v) is 1.39. The van der Waals surface area contributed by atoms with Crippen LogP contribution >= 0.6 is 0 Å². The zero-order chi connectivity index (χ0) is 8.91. The number of aliphatic hydroxyl groups is 2. The Kier molecular flexibility index (Phi) is 3.94. The molecule has 0 aliphatic rings. The van der Waals surface area contributed by atoms with Crippen molar-refractivity contribution < 1.29 is 19.9 Å². The molecule has 2 N–H and O–H groups in total. The molecule has 0 saturated carbocycles. The van der Waals surface area contributed by atoms with Gasteiger partial charge in [-0.1, -0.05) is 0 Å². The van der Waals surface area contributed by atoms with Crippen molar-refractivity contribution in [2.75, 3.05) is 26.9 Å². The van der Waals surface area contributed by atoms with Crippen LogP contribution in [0.2, 0.25) is 0 Å². The Balaban J connectivity index is 4.32. The molecule has 6 heteroatoms. The van der Waals surface area contributed by atoms with Crippen molar-refractivity contribution in [2.45, 2.75) is 5.54 Å². The average molecular weight is 165 g/mol. The van der Waals surface area contributed by atoms with E-state index in [1.54, 1.807) is 0 Å². The maximum absolute atomic E-state index is 10.3. The zero-order valence-corrected chi connectivity index (χ0v) is 6.19.